The van der Waals surface area contributed by atoms with Crippen LogP contribution < -0.4 is 0 Å². The number of hydrogen-bond donors (Lipinski definition) is 0. The summed E-state index contributed by atoms with van der Waals surface area (Å²) in [7, 11) is -1.86. The van der Waals surface area contributed by atoms with Gasteiger partial charge in [-0.25, -0.2) is 0 Å². The van der Waals surface area contributed by atoms with Gasteiger partial charge < -0.3 is 13.6 Å². The summed E-state index contributed by atoms with van der Waals surface area (Å²) in [5, 5.41) is 0. The Hall–Kier alpha value is 0.0969. The molecule has 3 nitrogen and oxygen atoms in total. The highest BCUT2D eigenvalue weighted by Gasteiger charge is 2.30. The Morgan fingerprint density at radius 1 is 1.27 bits per heavy atom. The molecule has 15 heavy (non-hydrogen) atoms. The minimum absolute atomic E-state index is 0.520. The van der Waals surface area contributed by atoms with Crippen molar-refractivity contribution in [2.75, 3.05) is 19.8 Å². The van der Waals surface area contributed by atoms with E-state index in [0.29, 0.717) is 6.10 Å². The van der Waals surface area contributed by atoms with Gasteiger partial charge in [-0.15, -0.1) is 0 Å². The van der Waals surface area contributed by atoms with Crippen LogP contribution in [0.1, 0.15) is 33.1 Å². The lowest BCUT2D eigenvalue weighted by atomic mass is 10.1. The SMILES string of the molecule is CCO[Si](C)(CCCC1CCO1)OCC. The minimum atomic E-state index is -1.86. The maximum atomic E-state index is 5.78. The number of hydrogen-bond acceptors (Lipinski definition) is 3. The summed E-state index contributed by atoms with van der Waals surface area (Å²) in [6, 6.07) is 1.09. The Bertz CT molecular complexity index is 165. The maximum absolute atomic E-state index is 5.78. The molecular weight excluding hydrogens is 208 g/mol. The van der Waals surface area contributed by atoms with Gasteiger partial charge in [0.05, 0.1) is 6.10 Å². The van der Waals surface area contributed by atoms with E-state index in [2.05, 4.69) is 6.55 Å². The monoisotopic (exact) mass is 232 g/mol. The first-order valence-corrected chi connectivity index (χ1v) is 8.62. The Kier molecular flexibility index (Phi) is 5.82. The van der Waals surface area contributed by atoms with E-state index in [1.54, 1.807) is 0 Å². The second-order valence-corrected chi connectivity index (χ2v) is 7.52. The van der Waals surface area contributed by atoms with Gasteiger partial charge in [0.15, 0.2) is 0 Å². The largest absolute Gasteiger partial charge is 0.395 e. The molecular formula is C11H24O3Si. The fourth-order valence-corrected chi connectivity index (χ4v) is 4.40. The van der Waals surface area contributed by atoms with Gasteiger partial charge in [-0.05, 0) is 45.7 Å². The third-order valence-corrected chi connectivity index (χ3v) is 5.91. The van der Waals surface area contributed by atoms with Gasteiger partial charge in [-0.3, -0.25) is 0 Å². The Labute approximate surface area is 94.4 Å². The Morgan fingerprint density at radius 2 is 1.87 bits per heavy atom. The fraction of sp³-hybridized carbons (Fsp3) is 1.00. The van der Waals surface area contributed by atoms with Crippen molar-refractivity contribution in [2.24, 2.45) is 0 Å². The van der Waals surface area contributed by atoms with E-state index in [9.17, 15) is 0 Å². The second kappa shape index (κ2) is 6.63. The fourth-order valence-electron chi connectivity index (χ4n) is 1.96. The molecule has 0 radical (unpaired) electrons. The average molecular weight is 232 g/mol. The summed E-state index contributed by atoms with van der Waals surface area (Å²) < 4.78 is 17.0. The van der Waals surface area contributed by atoms with Gasteiger partial charge >= 0.3 is 8.56 Å². The van der Waals surface area contributed by atoms with Crippen LogP contribution in [0.5, 0.6) is 0 Å². The van der Waals surface area contributed by atoms with Crippen molar-refractivity contribution in [1.29, 1.82) is 0 Å². The van der Waals surface area contributed by atoms with E-state index in [1.807, 2.05) is 13.8 Å². The normalized spacial score (nSPS) is 21.4. The third-order valence-electron chi connectivity index (χ3n) is 2.85. The molecule has 4 heteroatoms. The molecule has 1 atom stereocenters. The lowest BCUT2D eigenvalue weighted by Gasteiger charge is -2.29. The predicted octanol–water partition coefficient (Wildman–Crippen LogP) is 2.70. The Balaban J connectivity index is 2.17. The summed E-state index contributed by atoms with van der Waals surface area (Å²) in [5.41, 5.74) is 0. The molecule has 0 spiro atoms. The van der Waals surface area contributed by atoms with Crippen LogP contribution in [0, 0.1) is 0 Å². The van der Waals surface area contributed by atoms with Gasteiger partial charge in [0.25, 0.3) is 0 Å². The van der Waals surface area contributed by atoms with Crippen LogP contribution in [0.25, 0.3) is 0 Å². The number of rotatable bonds is 8. The van der Waals surface area contributed by atoms with Crippen molar-refractivity contribution in [3.8, 4) is 0 Å². The molecule has 0 aliphatic carbocycles. The molecule has 1 aliphatic rings. The lowest BCUT2D eigenvalue weighted by molar-refractivity contribution is -0.0549. The molecule has 1 saturated heterocycles. The second-order valence-electron chi connectivity index (χ2n) is 4.17. The number of ether oxygens (including phenoxy) is 1. The first-order chi connectivity index (χ1) is 7.20. The van der Waals surface area contributed by atoms with Crippen molar-refractivity contribution in [2.45, 2.75) is 51.8 Å². The first-order valence-electron chi connectivity index (χ1n) is 6.09. The van der Waals surface area contributed by atoms with E-state index in [-0.39, 0.29) is 0 Å². The minimum Gasteiger partial charge on any atom is -0.395 e. The molecule has 90 valence electrons. The molecule has 1 fully saturated rings. The molecule has 0 aromatic rings. The molecule has 1 heterocycles. The van der Waals surface area contributed by atoms with Gasteiger partial charge in [0.1, 0.15) is 0 Å². The summed E-state index contributed by atoms with van der Waals surface area (Å²) >= 11 is 0. The summed E-state index contributed by atoms with van der Waals surface area (Å²) in [4.78, 5) is 0. The summed E-state index contributed by atoms with van der Waals surface area (Å²) in [6.45, 7) is 8.74. The molecule has 0 aromatic heterocycles. The van der Waals surface area contributed by atoms with E-state index in [0.717, 1.165) is 25.9 Å². The summed E-state index contributed by atoms with van der Waals surface area (Å²) in [6.07, 6.45) is 4.10. The maximum Gasteiger partial charge on any atom is 0.334 e. The van der Waals surface area contributed by atoms with Crippen LogP contribution in [0.4, 0.5) is 0 Å². The van der Waals surface area contributed by atoms with Crippen LogP contribution in [-0.4, -0.2) is 34.5 Å². The van der Waals surface area contributed by atoms with Gasteiger partial charge in [-0.1, -0.05) is 0 Å². The quantitative estimate of drug-likeness (QED) is 0.602. The van der Waals surface area contributed by atoms with Gasteiger partial charge in [0.2, 0.25) is 0 Å². The van der Waals surface area contributed by atoms with E-state index in [4.69, 9.17) is 13.6 Å². The molecule has 1 rings (SSSR count). The predicted molar refractivity (Wildman–Crippen MR) is 63.3 cm³/mol. The van der Waals surface area contributed by atoms with Crippen LogP contribution >= 0.6 is 0 Å². The zero-order chi connectivity index (χ0) is 11.1. The summed E-state index contributed by atoms with van der Waals surface area (Å²) in [5.74, 6) is 0. The highest BCUT2D eigenvalue weighted by molar-refractivity contribution is 6.66. The molecule has 1 aliphatic heterocycles. The van der Waals surface area contributed by atoms with Gasteiger partial charge in [-0.2, -0.15) is 0 Å². The van der Waals surface area contributed by atoms with Crippen LogP contribution in [0.2, 0.25) is 12.6 Å². The van der Waals surface area contributed by atoms with Crippen molar-refractivity contribution < 1.29 is 13.6 Å². The third kappa shape index (κ3) is 4.63. The van der Waals surface area contributed by atoms with Crippen LogP contribution in [0.3, 0.4) is 0 Å². The zero-order valence-electron chi connectivity index (χ0n) is 10.3. The van der Waals surface area contributed by atoms with E-state index in [1.165, 1.54) is 19.3 Å². The van der Waals surface area contributed by atoms with E-state index < -0.39 is 8.56 Å². The van der Waals surface area contributed by atoms with Crippen molar-refractivity contribution >= 4 is 8.56 Å². The molecule has 0 N–H and O–H groups in total. The topological polar surface area (TPSA) is 27.7 Å². The van der Waals surface area contributed by atoms with Crippen LogP contribution in [0.15, 0.2) is 0 Å². The highest BCUT2D eigenvalue weighted by Crippen LogP contribution is 2.22. The van der Waals surface area contributed by atoms with Crippen molar-refractivity contribution in [3.05, 3.63) is 0 Å². The standard InChI is InChI=1S/C11H24O3Si/c1-4-13-15(3,14-5-2)10-6-7-11-8-9-12-11/h11H,4-10H2,1-3H3. The van der Waals surface area contributed by atoms with Crippen molar-refractivity contribution in [3.63, 3.8) is 0 Å². The molecule has 0 saturated carbocycles. The lowest BCUT2D eigenvalue weighted by Crippen LogP contribution is -2.39. The van der Waals surface area contributed by atoms with Crippen LogP contribution in [-0.2, 0) is 13.6 Å². The molecule has 0 aromatic carbocycles. The van der Waals surface area contributed by atoms with E-state index >= 15 is 0 Å². The molecule has 0 amide bonds. The zero-order valence-corrected chi connectivity index (χ0v) is 11.3. The average Bonchev–Trinajstić information content (AvgIpc) is 2.10. The smallest absolute Gasteiger partial charge is 0.334 e. The first kappa shape index (κ1) is 13.2. The molecule has 0 bridgehead atoms. The molecule has 1 unspecified atom stereocenters. The Morgan fingerprint density at radius 3 is 2.27 bits per heavy atom. The van der Waals surface area contributed by atoms with Gasteiger partial charge in [0, 0.05) is 19.8 Å². The van der Waals surface area contributed by atoms with Crippen molar-refractivity contribution in [1.82, 2.24) is 0 Å². The highest BCUT2D eigenvalue weighted by atomic mass is 28.4.